The quantitative estimate of drug-likeness (QED) is 0.601. The lowest BCUT2D eigenvalue weighted by molar-refractivity contribution is -0.117. The number of hydrogen-bond donors (Lipinski definition) is 2. The first-order valence-corrected chi connectivity index (χ1v) is 9.61. The molecule has 0 saturated heterocycles. The molecule has 0 aliphatic heterocycles. The zero-order chi connectivity index (χ0) is 19.6. The van der Waals surface area contributed by atoms with E-state index in [9.17, 15) is 4.79 Å². The maximum Gasteiger partial charge on any atom is 0.224 e. The largest absolute Gasteiger partial charge is 0.330 e. The van der Waals surface area contributed by atoms with Crippen LogP contribution in [0.2, 0.25) is 0 Å². The maximum absolute atomic E-state index is 12.6. The molecule has 5 heteroatoms. The number of nitrogens with one attached hydrogen (secondary N) is 1. The van der Waals surface area contributed by atoms with Gasteiger partial charge in [0, 0.05) is 35.9 Å². The molecule has 28 heavy (non-hydrogen) atoms. The molecule has 0 aliphatic rings. The molecule has 0 fully saturated rings. The van der Waals surface area contributed by atoms with Crippen LogP contribution in [0.5, 0.6) is 0 Å². The van der Waals surface area contributed by atoms with Crippen molar-refractivity contribution in [3.63, 3.8) is 0 Å². The number of pyridine rings is 2. The number of carbonyl (C=O) groups excluding carboxylic acids is 1. The normalized spacial score (nSPS) is 10.8. The Labute approximate surface area is 166 Å². The number of amides is 1. The molecule has 1 aromatic carbocycles. The van der Waals surface area contributed by atoms with Crippen molar-refractivity contribution in [2.24, 2.45) is 11.7 Å². The lowest BCUT2D eigenvalue weighted by atomic mass is 9.93. The van der Waals surface area contributed by atoms with Crippen molar-refractivity contribution in [2.45, 2.75) is 25.7 Å². The number of rotatable bonds is 9. The van der Waals surface area contributed by atoms with Crippen molar-refractivity contribution in [1.29, 1.82) is 0 Å². The van der Waals surface area contributed by atoms with Crippen molar-refractivity contribution in [2.75, 3.05) is 11.9 Å². The van der Waals surface area contributed by atoms with Crippen LogP contribution in [-0.2, 0) is 24.1 Å². The van der Waals surface area contributed by atoms with Crippen LogP contribution in [0.3, 0.4) is 0 Å². The Morgan fingerprint density at radius 2 is 1.50 bits per heavy atom. The molecule has 3 rings (SSSR count). The summed E-state index contributed by atoms with van der Waals surface area (Å²) in [5, 5.41) is 3.00. The van der Waals surface area contributed by atoms with Gasteiger partial charge in [0.05, 0.1) is 0 Å². The van der Waals surface area contributed by atoms with Gasteiger partial charge in [0.1, 0.15) is 0 Å². The van der Waals surface area contributed by atoms with Gasteiger partial charge in [0.15, 0.2) is 0 Å². The lowest BCUT2D eigenvalue weighted by Gasteiger charge is -2.16. The molecule has 0 radical (unpaired) electrons. The average Bonchev–Trinajstić information content (AvgIpc) is 2.71. The van der Waals surface area contributed by atoms with Crippen LogP contribution in [0, 0.1) is 5.92 Å². The first kappa shape index (κ1) is 19.7. The molecule has 0 bridgehead atoms. The fourth-order valence-electron chi connectivity index (χ4n) is 3.24. The number of nitrogens with zero attached hydrogens (tertiary/aromatic N) is 2. The summed E-state index contributed by atoms with van der Waals surface area (Å²) in [5.74, 6) is 0.129. The second-order valence-corrected chi connectivity index (χ2v) is 6.90. The van der Waals surface area contributed by atoms with E-state index in [1.165, 1.54) is 5.56 Å². The molecule has 2 heterocycles. The lowest BCUT2D eigenvalue weighted by Crippen LogP contribution is -2.20. The Morgan fingerprint density at radius 3 is 2.00 bits per heavy atom. The molecule has 3 aromatic rings. The van der Waals surface area contributed by atoms with E-state index in [0.29, 0.717) is 13.0 Å². The summed E-state index contributed by atoms with van der Waals surface area (Å²) in [6.45, 7) is 0.619. The summed E-state index contributed by atoms with van der Waals surface area (Å²) in [6, 6.07) is 19.6. The van der Waals surface area contributed by atoms with Gasteiger partial charge >= 0.3 is 0 Å². The predicted molar refractivity (Wildman–Crippen MR) is 112 cm³/mol. The van der Waals surface area contributed by atoms with Crippen molar-refractivity contribution in [3.8, 4) is 0 Å². The summed E-state index contributed by atoms with van der Waals surface area (Å²) in [7, 11) is 0. The van der Waals surface area contributed by atoms with Crippen LogP contribution in [-0.4, -0.2) is 22.4 Å². The monoisotopic (exact) mass is 374 g/mol. The molecule has 1 amide bonds. The number of nitrogens with two attached hydrogens (primary N) is 1. The Balaban J connectivity index is 1.64. The second kappa shape index (κ2) is 10.3. The molecular weight excluding hydrogens is 348 g/mol. The predicted octanol–water partition coefficient (Wildman–Crippen LogP) is 3.41. The minimum atomic E-state index is 0.00318. The number of hydrogen-bond acceptors (Lipinski definition) is 4. The van der Waals surface area contributed by atoms with Gasteiger partial charge in [-0.25, -0.2) is 0 Å². The molecule has 2 aromatic heterocycles. The summed E-state index contributed by atoms with van der Waals surface area (Å²) in [5.41, 5.74) is 9.53. The Hall–Kier alpha value is -3.05. The van der Waals surface area contributed by atoms with E-state index in [1.807, 2.05) is 60.7 Å². The molecule has 3 N–H and O–H groups in total. The summed E-state index contributed by atoms with van der Waals surface area (Å²) in [6.07, 6.45) is 6.30. The molecule has 0 unspecified atom stereocenters. The van der Waals surface area contributed by atoms with Crippen LogP contribution in [0.1, 0.15) is 23.4 Å². The minimum absolute atomic E-state index is 0.00318. The van der Waals surface area contributed by atoms with E-state index in [-0.39, 0.29) is 11.8 Å². The van der Waals surface area contributed by atoms with Gasteiger partial charge in [-0.2, -0.15) is 0 Å². The molecule has 0 aliphatic carbocycles. The van der Waals surface area contributed by atoms with E-state index >= 15 is 0 Å². The number of anilines is 1. The Bertz CT molecular complexity index is 809. The summed E-state index contributed by atoms with van der Waals surface area (Å²) < 4.78 is 0. The van der Waals surface area contributed by atoms with Gasteiger partial charge in [-0.15, -0.1) is 0 Å². The SMILES string of the molecule is NCCc1ccc(NC(=O)CC(Cc2ccccn2)Cc2ccccn2)cc1. The van der Waals surface area contributed by atoms with Crippen LogP contribution in [0.4, 0.5) is 5.69 Å². The van der Waals surface area contributed by atoms with Crippen molar-refractivity contribution < 1.29 is 4.79 Å². The van der Waals surface area contributed by atoms with Crippen molar-refractivity contribution >= 4 is 11.6 Å². The van der Waals surface area contributed by atoms with Crippen molar-refractivity contribution in [1.82, 2.24) is 9.97 Å². The molecule has 0 saturated carbocycles. The van der Waals surface area contributed by atoms with E-state index < -0.39 is 0 Å². The Morgan fingerprint density at radius 1 is 0.893 bits per heavy atom. The highest BCUT2D eigenvalue weighted by molar-refractivity contribution is 5.90. The summed E-state index contributed by atoms with van der Waals surface area (Å²) in [4.78, 5) is 21.5. The van der Waals surface area contributed by atoms with Crippen LogP contribution < -0.4 is 11.1 Å². The fraction of sp³-hybridized carbons (Fsp3) is 0.261. The van der Waals surface area contributed by atoms with Crippen LogP contribution >= 0.6 is 0 Å². The van der Waals surface area contributed by atoms with Gasteiger partial charge in [-0.05, 0) is 73.7 Å². The van der Waals surface area contributed by atoms with Gasteiger partial charge in [-0.1, -0.05) is 24.3 Å². The number of benzene rings is 1. The second-order valence-electron chi connectivity index (χ2n) is 6.90. The maximum atomic E-state index is 12.6. The molecular formula is C23H26N4O. The topological polar surface area (TPSA) is 80.9 Å². The molecule has 0 spiro atoms. The van der Waals surface area contributed by atoms with E-state index in [1.54, 1.807) is 12.4 Å². The summed E-state index contributed by atoms with van der Waals surface area (Å²) >= 11 is 0. The van der Waals surface area contributed by atoms with E-state index in [4.69, 9.17) is 5.73 Å². The van der Waals surface area contributed by atoms with Gasteiger partial charge in [-0.3, -0.25) is 14.8 Å². The van der Waals surface area contributed by atoms with Gasteiger partial charge < -0.3 is 11.1 Å². The minimum Gasteiger partial charge on any atom is -0.330 e. The molecule has 5 nitrogen and oxygen atoms in total. The molecule has 0 atom stereocenters. The number of aromatic nitrogens is 2. The van der Waals surface area contributed by atoms with E-state index in [0.717, 1.165) is 36.3 Å². The average molecular weight is 374 g/mol. The molecule has 144 valence electrons. The standard InChI is InChI=1S/C23H26N4O/c24-12-11-18-7-9-20(10-8-18)27-23(28)17-19(15-21-5-1-3-13-25-21)16-22-6-2-4-14-26-22/h1-10,13-14,19H,11-12,15-17,24H2,(H,27,28). The third-order valence-electron chi connectivity index (χ3n) is 4.59. The van der Waals surface area contributed by atoms with Gasteiger partial charge in [0.25, 0.3) is 0 Å². The third kappa shape index (κ3) is 6.28. The van der Waals surface area contributed by atoms with Crippen LogP contribution in [0.25, 0.3) is 0 Å². The zero-order valence-electron chi connectivity index (χ0n) is 15.9. The zero-order valence-corrected chi connectivity index (χ0v) is 15.9. The van der Waals surface area contributed by atoms with Crippen molar-refractivity contribution in [3.05, 3.63) is 90.0 Å². The smallest absolute Gasteiger partial charge is 0.224 e. The third-order valence-corrected chi connectivity index (χ3v) is 4.59. The first-order chi connectivity index (χ1) is 13.7. The van der Waals surface area contributed by atoms with Crippen LogP contribution in [0.15, 0.2) is 73.1 Å². The van der Waals surface area contributed by atoms with Gasteiger partial charge in [0.2, 0.25) is 5.91 Å². The van der Waals surface area contributed by atoms with E-state index in [2.05, 4.69) is 15.3 Å². The highest BCUT2D eigenvalue weighted by Gasteiger charge is 2.17. The fourth-order valence-corrected chi connectivity index (χ4v) is 3.24. The Kier molecular flexibility index (Phi) is 7.27. The first-order valence-electron chi connectivity index (χ1n) is 9.61. The highest BCUT2D eigenvalue weighted by atomic mass is 16.1. The highest BCUT2D eigenvalue weighted by Crippen LogP contribution is 2.18. The number of carbonyl (C=O) groups is 1.